The molecule has 0 amide bonds. The molecule has 0 bridgehead atoms. The summed E-state index contributed by atoms with van der Waals surface area (Å²) in [5.41, 5.74) is 2.81. The van der Waals surface area contributed by atoms with Gasteiger partial charge in [0.2, 0.25) is 0 Å². The lowest BCUT2D eigenvalue weighted by Crippen LogP contribution is -2.12. The van der Waals surface area contributed by atoms with Crippen LogP contribution in [0.1, 0.15) is 61.5 Å². The summed E-state index contributed by atoms with van der Waals surface area (Å²) in [6, 6.07) is 17.0. The fourth-order valence-electron chi connectivity index (χ4n) is 3.94. The Bertz CT molecular complexity index is 611. The molecule has 0 aliphatic heterocycles. The van der Waals surface area contributed by atoms with Gasteiger partial charge in [0.15, 0.2) is 0 Å². The van der Waals surface area contributed by atoms with Gasteiger partial charge in [-0.1, -0.05) is 24.3 Å². The molecule has 1 aliphatic carbocycles. The highest BCUT2D eigenvalue weighted by Crippen LogP contribution is 2.41. The zero-order valence-corrected chi connectivity index (χ0v) is 16.6. The van der Waals surface area contributed by atoms with Crippen LogP contribution < -0.4 is 9.47 Å². The molecule has 152 valence electrons. The molecular weight excluding hydrogens is 352 g/mol. The monoisotopic (exact) mass is 384 g/mol. The van der Waals surface area contributed by atoms with Crippen LogP contribution in [0.2, 0.25) is 0 Å². The lowest BCUT2D eigenvalue weighted by atomic mass is 9.76. The predicted octanol–water partition coefficient (Wildman–Crippen LogP) is 4.65. The number of ether oxygens (including phenoxy) is 2. The molecule has 0 unspecified atom stereocenters. The Morgan fingerprint density at radius 1 is 0.607 bits per heavy atom. The first-order chi connectivity index (χ1) is 13.8. The van der Waals surface area contributed by atoms with Crippen LogP contribution in [-0.2, 0) is 0 Å². The van der Waals surface area contributed by atoms with Gasteiger partial charge >= 0.3 is 0 Å². The van der Waals surface area contributed by atoms with Crippen molar-refractivity contribution in [3.8, 4) is 11.5 Å². The number of benzene rings is 2. The minimum Gasteiger partial charge on any atom is -0.494 e. The van der Waals surface area contributed by atoms with Crippen LogP contribution in [0.4, 0.5) is 0 Å². The average molecular weight is 385 g/mol. The summed E-state index contributed by atoms with van der Waals surface area (Å²) in [5, 5.41) is 17.7. The van der Waals surface area contributed by atoms with E-state index in [-0.39, 0.29) is 13.2 Å². The smallest absolute Gasteiger partial charge is 0.119 e. The maximum Gasteiger partial charge on any atom is 0.119 e. The van der Waals surface area contributed by atoms with Crippen molar-refractivity contribution in [3.05, 3.63) is 59.7 Å². The van der Waals surface area contributed by atoms with Crippen LogP contribution in [0.3, 0.4) is 0 Å². The first kappa shape index (κ1) is 20.7. The first-order valence-corrected chi connectivity index (χ1v) is 10.5. The van der Waals surface area contributed by atoms with Crippen molar-refractivity contribution in [3.63, 3.8) is 0 Å². The lowest BCUT2D eigenvalue weighted by molar-refractivity contribution is 0.233. The lowest BCUT2D eigenvalue weighted by Gasteiger charge is -2.29. The van der Waals surface area contributed by atoms with Gasteiger partial charge in [0, 0.05) is 26.1 Å². The van der Waals surface area contributed by atoms with Crippen molar-refractivity contribution >= 4 is 0 Å². The van der Waals surface area contributed by atoms with E-state index in [9.17, 15) is 0 Å². The third-order valence-corrected chi connectivity index (χ3v) is 5.57. The Kier molecular flexibility index (Phi) is 8.19. The fourth-order valence-corrected chi connectivity index (χ4v) is 3.94. The van der Waals surface area contributed by atoms with Gasteiger partial charge in [-0.25, -0.2) is 0 Å². The third-order valence-electron chi connectivity index (χ3n) is 5.57. The summed E-state index contributed by atoms with van der Waals surface area (Å²) in [6.07, 6.45) is 6.19. The molecule has 2 N–H and O–H groups in total. The highest BCUT2D eigenvalue weighted by Gasteiger charge is 2.23. The van der Waals surface area contributed by atoms with Crippen LogP contribution in [0.25, 0.3) is 0 Å². The maximum absolute atomic E-state index is 8.83. The molecule has 28 heavy (non-hydrogen) atoms. The minimum atomic E-state index is 0.167. The fraction of sp³-hybridized carbons (Fsp3) is 0.500. The van der Waals surface area contributed by atoms with Crippen molar-refractivity contribution in [2.24, 2.45) is 0 Å². The van der Waals surface area contributed by atoms with Gasteiger partial charge in [0.1, 0.15) is 11.5 Å². The van der Waals surface area contributed by atoms with Crippen molar-refractivity contribution in [1.82, 2.24) is 0 Å². The molecule has 0 saturated heterocycles. The summed E-state index contributed by atoms with van der Waals surface area (Å²) in [5.74, 6) is 3.02. The van der Waals surface area contributed by atoms with Crippen LogP contribution in [-0.4, -0.2) is 36.6 Å². The second kappa shape index (κ2) is 11.1. The Morgan fingerprint density at radius 2 is 0.964 bits per heavy atom. The highest BCUT2D eigenvalue weighted by atomic mass is 16.5. The number of hydrogen-bond donors (Lipinski definition) is 2. The van der Waals surface area contributed by atoms with E-state index in [0.717, 1.165) is 11.5 Å². The molecular formula is C24H32O4. The Morgan fingerprint density at radius 3 is 1.29 bits per heavy atom. The standard InChI is InChI=1S/C24H32O4/c25-15-1-17-27-23-11-7-21(8-12-23)19-3-5-20(6-4-19)22-9-13-24(14-10-22)28-18-2-16-26/h7-14,19-20,25-26H,1-6,15-18H2. The molecule has 3 rings (SSSR count). The molecule has 0 radical (unpaired) electrons. The second-order valence-corrected chi connectivity index (χ2v) is 7.54. The first-order valence-electron chi connectivity index (χ1n) is 10.5. The van der Waals surface area contributed by atoms with E-state index in [1.807, 2.05) is 24.3 Å². The Labute approximate surface area is 168 Å². The molecule has 4 nitrogen and oxygen atoms in total. The highest BCUT2D eigenvalue weighted by molar-refractivity contribution is 5.32. The van der Waals surface area contributed by atoms with Gasteiger partial charge < -0.3 is 19.7 Å². The zero-order chi connectivity index (χ0) is 19.6. The molecule has 0 aromatic heterocycles. The molecule has 0 atom stereocenters. The van der Waals surface area contributed by atoms with Crippen LogP contribution in [0.5, 0.6) is 11.5 Å². The molecule has 1 saturated carbocycles. The molecule has 2 aromatic carbocycles. The maximum atomic E-state index is 8.83. The van der Waals surface area contributed by atoms with Gasteiger partial charge in [-0.2, -0.15) is 0 Å². The molecule has 0 spiro atoms. The van der Waals surface area contributed by atoms with Crippen molar-refractivity contribution in [2.45, 2.75) is 50.4 Å². The van der Waals surface area contributed by atoms with Crippen LogP contribution in [0, 0.1) is 0 Å². The number of aliphatic hydroxyl groups excluding tert-OH is 2. The van der Waals surface area contributed by atoms with Gasteiger partial charge in [-0.3, -0.25) is 0 Å². The summed E-state index contributed by atoms with van der Waals surface area (Å²) in [7, 11) is 0. The average Bonchev–Trinajstić information content (AvgIpc) is 2.75. The van der Waals surface area contributed by atoms with Gasteiger partial charge in [0.25, 0.3) is 0 Å². The Balaban J connectivity index is 1.47. The normalized spacial score (nSPS) is 19.4. The quantitative estimate of drug-likeness (QED) is 0.586. The predicted molar refractivity (Wildman–Crippen MR) is 111 cm³/mol. The van der Waals surface area contributed by atoms with Crippen LogP contribution in [0.15, 0.2) is 48.5 Å². The summed E-state index contributed by atoms with van der Waals surface area (Å²) >= 11 is 0. The van der Waals surface area contributed by atoms with E-state index in [0.29, 0.717) is 37.9 Å². The topological polar surface area (TPSA) is 58.9 Å². The minimum absolute atomic E-state index is 0.167. The van der Waals surface area contributed by atoms with E-state index in [1.165, 1.54) is 36.8 Å². The zero-order valence-electron chi connectivity index (χ0n) is 16.6. The number of aliphatic hydroxyl groups is 2. The molecule has 1 aliphatic rings. The van der Waals surface area contributed by atoms with Crippen molar-refractivity contribution in [2.75, 3.05) is 26.4 Å². The Hall–Kier alpha value is -2.04. The molecule has 0 heterocycles. The molecule has 2 aromatic rings. The summed E-state index contributed by atoms with van der Waals surface area (Å²) < 4.78 is 11.2. The van der Waals surface area contributed by atoms with E-state index >= 15 is 0 Å². The van der Waals surface area contributed by atoms with Crippen LogP contribution >= 0.6 is 0 Å². The largest absolute Gasteiger partial charge is 0.494 e. The van der Waals surface area contributed by atoms with E-state index < -0.39 is 0 Å². The summed E-state index contributed by atoms with van der Waals surface area (Å²) in [6.45, 7) is 1.46. The SMILES string of the molecule is OCCCOc1ccc(C2CCC(c3ccc(OCCCO)cc3)CC2)cc1. The van der Waals surface area contributed by atoms with Crippen molar-refractivity contribution in [1.29, 1.82) is 0 Å². The van der Waals surface area contributed by atoms with Gasteiger partial charge in [0.05, 0.1) is 13.2 Å². The number of rotatable bonds is 10. The number of hydrogen-bond acceptors (Lipinski definition) is 4. The molecule has 1 fully saturated rings. The third kappa shape index (κ3) is 5.98. The van der Waals surface area contributed by atoms with Crippen molar-refractivity contribution < 1.29 is 19.7 Å². The van der Waals surface area contributed by atoms with E-state index in [1.54, 1.807) is 0 Å². The van der Waals surface area contributed by atoms with Gasteiger partial charge in [-0.05, 0) is 72.9 Å². The van der Waals surface area contributed by atoms with Gasteiger partial charge in [-0.15, -0.1) is 0 Å². The summed E-state index contributed by atoms with van der Waals surface area (Å²) in [4.78, 5) is 0. The van der Waals surface area contributed by atoms with E-state index in [4.69, 9.17) is 19.7 Å². The second-order valence-electron chi connectivity index (χ2n) is 7.54. The van der Waals surface area contributed by atoms with E-state index in [2.05, 4.69) is 24.3 Å². The molecule has 4 heteroatoms.